The molecule has 1 fully saturated rings. The van der Waals surface area contributed by atoms with Crippen LogP contribution in [-0.4, -0.2) is 75.2 Å². The second-order valence-electron chi connectivity index (χ2n) is 7.38. The zero-order valence-electron chi connectivity index (χ0n) is 17.7. The molecule has 4 heterocycles. The topological polar surface area (TPSA) is 133 Å². The number of anilines is 1. The lowest BCUT2D eigenvalue weighted by molar-refractivity contribution is -0.140. The summed E-state index contributed by atoms with van der Waals surface area (Å²) in [5, 5.41) is 18.1. The molecule has 0 aliphatic carbocycles. The molecule has 3 aromatic heterocycles. The molecule has 0 aromatic carbocycles. The van der Waals surface area contributed by atoms with Gasteiger partial charge in [-0.2, -0.15) is 28.6 Å². The van der Waals surface area contributed by atoms with Crippen LogP contribution in [0.2, 0.25) is 0 Å². The van der Waals surface area contributed by atoms with Gasteiger partial charge in [-0.1, -0.05) is 11.3 Å². The highest BCUT2D eigenvalue weighted by Crippen LogP contribution is 2.32. The molecule has 0 saturated carbocycles. The molecule has 0 spiro atoms. The van der Waals surface area contributed by atoms with E-state index >= 15 is 0 Å². The largest absolute Gasteiger partial charge is 0.435 e. The molecule has 4 rings (SSSR count). The van der Waals surface area contributed by atoms with Gasteiger partial charge in [-0.3, -0.25) is 14.3 Å². The Morgan fingerprint density at radius 1 is 1.24 bits per heavy atom. The quantitative estimate of drug-likeness (QED) is 0.483. The molecule has 180 valence electrons. The molecule has 11 nitrogen and oxygen atoms in total. The molecule has 0 unspecified atom stereocenters. The van der Waals surface area contributed by atoms with Crippen molar-refractivity contribution in [2.45, 2.75) is 19.1 Å². The Kier molecular flexibility index (Phi) is 6.80. The standard InChI is InChI=1S/C19H19F3N8O3S/c20-19(21,22)16-15-13(11-25-26-17(15)32)30(27-16)6-8-33-7-1-14(31)28-2-4-29(5-3-28)18-24-10-12(9-23)34-18/h10-11H,1-8H2,(H,26,32). The molecule has 0 bridgehead atoms. The van der Waals surface area contributed by atoms with E-state index in [-0.39, 0.29) is 37.6 Å². The molecular weight excluding hydrogens is 477 g/mol. The van der Waals surface area contributed by atoms with E-state index in [1.54, 1.807) is 4.90 Å². The van der Waals surface area contributed by atoms with Crippen LogP contribution in [0.3, 0.4) is 0 Å². The summed E-state index contributed by atoms with van der Waals surface area (Å²) < 4.78 is 46.1. The maximum atomic E-state index is 13.2. The lowest BCUT2D eigenvalue weighted by Crippen LogP contribution is -2.49. The maximum Gasteiger partial charge on any atom is 0.435 e. The minimum atomic E-state index is -4.78. The number of amides is 1. The Labute approximate surface area is 194 Å². The number of rotatable bonds is 7. The predicted molar refractivity (Wildman–Crippen MR) is 114 cm³/mol. The van der Waals surface area contributed by atoms with E-state index in [0.717, 1.165) is 16.0 Å². The summed E-state index contributed by atoms with van der Waals surface area (Å²) >= 11 is 1.31. The van der Waals surface area contributed by atoms with Gasteiger partial charge in [0.15, 0.2) is 10.8 Å². The van der Waals surface area contributed by atoms with Crippen molar-refractivity contribution in [3.63, 3.8) is 0 Å². The monoisotopic (exact) mass is 496 g/mol. The molecule has 34 heavy (non-hydrogen) atoms. The van der Waals surface area contributed by atoms with Crippen molar-refractivity contribution < 1.29 is 22.7 Å². The van der Waals surface area contributed by atoms with Gasteiger partial charge in [0.05, 0.1) is 44.1 Å². The fourth-order valence-corrected chi connectivity index (χ4v) is 4.35. The third-order valence-corrected chi connectivity index (χ3v) is 6.22. The van der Waals surface area contributed by atoms with Gasteiger partial charge < -0.3 is 14.5 Å². The third kappa shape index (κ3) is 5.02. The first-order valence-corrected chi connectivity index (χ1v) is 11.1. The Morgan fingerprint density at radius 2 is 2.00 bits per heavy atom. The molecular formula is C19H19F3N8O3S. The van der Waals surface area contributed by atoms with E-state index in [1.807, 2.05) is 10.00 Å². The number of piperazine rings is 1. The molecule has 1 saturated heterocycles. The van der Waals surface area contributed by atoms with Gasteiger partial charge in [0.25, 0.3) is 5.56 Å². The van der Waals surface area contributed by atoms with Crippen LogP contribution in [0, 0.1) is 11.3 Å². The number of thiazole rings is 1. The van der Waals surface area contributed by atoms with Crippen molar-refractivity contribution >= 4 is 33.3 Å². The lowest BCUT2D eigenvalue weighted by Gasteiger charge is -2.34. The van der Waals surface area contributed by atoms with Crippen LogP contribution >= 0.6 is 11.3 Å². The number of hydrogen-bond acceptors (Lipinski definition) is 9. The van der Waals surface area contributed by atoms with Gasteiger partial charge in [0.2, 0.25) is 5.91 Å². The van der Waals surface area contributed by atoms with Crippen molar-refractivity contribution in [3.05, 3.63) is 33.3 Å². The summed E-state index contributed by atoms with van der Waals surface area (Å²) in [5.41, 5.74) is -2.29. The van der Waals surface area contributed by atoms with Gasteiger partial charge in [-0.05, 0) is 0 Å². The first-order valence-electron chi connectivity index (χ1n) is 10.3. The second kappa shape index (κ2) is 9.77. The van der Waals surface area contributed by atoms with Crippen LogP contribution < -0.4 is 10.5 Å². The number of ether oxygens (including phenoxy) is 1. The number of carbonyl (C=O) groups is 1. The number of nitriles is 1. The van der Waals surface area contributed by atoms with E-state index in [9.17, 15) is 22.8 Å². The summed E-state index contributed by atoms with van der Waals surface area (Å²) in [6.45, 7) is 2.30. The number of nitrogens with one attached hydrogen (secondary N) is 1. The number of alkyl halides is 3. The lowest BCUT2D eigenvalue weighted by atomic mass is 10.2. The van der Waals surface area contributed by atoms with Crippen LogP contribution in [-0.2, 0) is 22.3 Å². The van der Waals surface area contributed by atoms with Crippen molar-refractivity contribution in [1.82, 2.24) is 29.9 Å². The van der Waals surface area contributed by atoms with E-state index in [2.05, 4.69) is 21.3 Å². The smallest absolute Gasteiger partial charge is 0.379 e. The normalized spacial score (nSPS) is 14.5. The van der Waals surface area contributed by atoms with Crippen LogP contribution in [0.1, 0.15) is 17.0 Å². The number of nitrogens with zero attached hydrogens (tertiary/aromatic N) is 7. The summed E-state index contributed by atoms with van der Waals surface area (Å²) in [5.74, 6) is -0.0869. The Morgan fingerprint density at radius 3 is 2.68 bits per heavy atom. The molecule has 1 amide bonds. The highest BCUT2D eigenvalue weighted by atomic mass is 32.1. The summed E-state index contributed by atoms with van der Waals surface area (Å²) in [7, 11) is 0. The number of carbonyl (C=O) groups excluding carboxylic acids is 1. The Hall–Kier alpha value is -3.51. The summed E-state index contributed by atoms with van der Waals surface area (Å²) in [6.07, 6.45) is -2.02. The van der Waals surface area contributed by atoms with Crippen LogP contribution in [0.25, 0.3) is 10.9 Å². The Balaban J connectivity index is 1.24. The second-order valence-corrected chi connectivity index (χ2v) is 8.39. The number of fused-ring (bicyclic) bond motifs is 1. The number of aromatic nitrogens is 5. The highest BCUT2D eigenvalue weighted by Gasteiger charge is 2.38. The van der Waals surface area contributed by atoms with Crippen LogP contribution in [0.5, 0.6) is 0 Å². The SMILES string of the molecule is N#Cc1cnc(N2CCN(C(=O)CCOCCn3nc(C(F)(F)F)c4c(=O)[nH]ncc43)CC2)s1. The molecule has 15 heteroatoms. The first kappa shape index (κ1) is 23.6. The van der Waals surface area contributed by atoms with Gasteiger partial charge in [-0.25, -0.2) is 10.1 Å². The number of halogens is 3. The minimum Gasteiger partial charge on any atom is -0.379 e. The Bertz CT molecular complexity index is 1270. The fraction of sp³-hybridized carbons (Fsp3) is 0.474. The highest BCUT2D eigenvalue weighted by molar-refractivity contribution is 7.16. The van der Waals surface area contributed by atoms with Crippen molar-refractivity contribution in [2.75, 3.05) is 44.3 Å². The van der Waals surface area contributed by atoms with Gasteiger partial charge in [-0.15, -0.1) is 0 Å². The average molecular weight is 496 g/mol. The third-order valence-electron chi connectivity index (χ3n) is 5.25. The van der Waals surface area contributed by atoms with Crippen molar-refractivity contribution in [2.24, 2.45) is 0 Å². The zero-order valence-corrected chi connectivity index (χ0v) is 18.5. The number of hydrogen-bond donors (Lipinski definition) is 1. The fourth-order valence-electron chi connectivity index (χ4n) is 3.59. The minimum absolute atomic E-state index is 0.00715. The van der Waals surface area contributed by atoms with E-state index in [0.29, 0.717) is 31.1 Å². The predicted octanol–water partition coefficient (Wildman–Crippen LogP) is 1.22. The van der Waals surface area contributed by atoms with Crippen molar-refractivity contribution in [1.29, 1.82) is 5.26 Å². The van der Waals surface area contributed by atoms with E-state index < -0.39 is 22.8 Å². The summed E-state index contributed by atoms with van der Waals surface area (Å²) in [4.78, 5) is 32.7. The van der Waals surface area contributed by atoms with Gasteiger partial charge >= 0.3 is 6.18 Å². The average Bonchev–Trinajstić information content (AvgIpc) is 3.45. The molecule has 0 radical (unpaired) electrons. The van der Waals surface area contributed by atoms with Gasteiger partial charge in [0, 0.05) is 26.2 Å². The molecule has 0 atom stereocenters. The van der Waals surface area contributed by atoms with Gasteiger partial charge in [0.1, 0.15) is 16.3 Å². The number of H-pyrrole nitrogens is 1. The molecule has 3 aromatic rings. The zero-order chi connectivity index (χ0) is 24.3. The van der Waals surface area contributed by atoms with Crippen LogP contribution in [0.4, 0.5) is 18.3 Å². The van der Waals surface area contributed by atoms with Crippen LogP contribution in [0.15, 0.2) is 17.2 Å². The molecule has 1 N–H and O–H groups in total. The first-order chi connectivity index (χ1) is 16.3. The van der Waals surface area contributed by atoms with Crippen molar-refractivity contribution in [3.8, 4) is 6.07 Å². The molecule has 1 aliphatic rings. The summed E-state index contributed by atoms with van der Waals surface area (Å²) in [6, 6.07) is 2.05. The van der Waals surface area contributed by atoms with E-state index in [4.69, 9.17) is 10.00 Å². The molecule has 1 aliphatic heterocycles. The maximum absolute atomic E-state index is 13.2. The van der Waals surface area contributed by atoms with E-state index in [1.165, 1.54) is 17.5 Å². The number of aromatic amines is 1.